The summed E-state index contributed by atoms with van der Waals surface area (Å²) in [5, 5.41) is 12.5. The lowest BCUT2D eigenvalue weighted by atomic mass is 10.0. The summed E-state index contributed by atoms with van der Waals surface area (Å²) >= 11 is 6.08. The molecule has 3 aromatic rings. The van der Waals surface area contributed by atoms with Crippen LogP contribution in [0.4, 0.5) is 24.5 Å². The third kappa shape index (κ3) is 7.15. The van der Waals surface area contributed by atoms with Gasteiger partial charge in [0.25, 0.3) is 5.91 Å². The van der Waals surface area contributed by atoms with E-state index in [1.54, 1.807) is 42.5 Å². The molecule has 0 fully saturated rings. The minimum Gasteiger partial charge on any atom is -0.497 e. The molecule has 0 aromatic heterocycles. The minimum atomic E-state index is -4.67. The van der Waals surface area contributed by atoms with Crippen LogP contribution in [0, 0.1) is 0 Å². The number of methoxy groups -OCH3 is 2. The number of anilines is 2. The van der Waals surface area contributed by atoms with Crippen molar-refractivity contribution in [3.63, 3.8) is 0 Å². The Kier molecular flexibility index (Phi) is 9.17. The first kappa shape index (κ1) is 29.9. The number of amides is 1. The van der Waals surface area contributed by atoms with Crippen LogP contribution in [-0.4, -0.2) is 44.4 Å². The van der Waals surface area contributed by atoms with Crippen molar-refractivity contribution >= 4 is 34.9 Å². The second-order valence-corrected chi connectivity index (χ2v) is 9.73. The summed E-state index contributed by atoms with van der Waals surface area (Å²) < 4.78 is 57.4. The van der Waals surface area contributed by atoms with Crippen LogP contribution in [0.3, 0.4) is 0 Å². The van der Waals surface area contributed by atoms with Gasteiger partial charge in [0.2, 0.25) is 0 Å². The molecule has 218 valence electrons. The van der Waals surface area contributed by atoms with Gasteiger partial charge in [0.05, 0.1) is 26.4 Å². The van der Waals surface area contributed by atoms with Gasteiger partial charge in [-0.25, -0.2) is 0 Å². The molecule has 0 aliphatic carbocycles. The minimum absolute atomic E-state index is 0.0541. The summed E-state index contributed by atoms with van der Waals surface area (Å²) in [5.74, 6) is -0.913. The van der Waals surface area contributed by atoms with E-state index in [9.17, 15) is 22.8 Å². The van der Waals surface area contributed by atoms with E-state index in [2.05, 4.69) is 5.32 Å². The highest BCUT2D eigenvalue weighted by atomic mass is 35.5. The van der Waals surface area contributed by atoms with Crippen LogP contribution in [0.15, 0.2) is 54.6 Å². The largest absolute Gasteiger partial charge is 0.497 e. The van der Waals surface area contributed by atoms with Crippen LogP contribution >= 0.6 is 11.6 Å². The van der Waals surface area contributed by atoms with Gasteiger partial charge in [-0.05, 0) is 48.2 Å². The number of nitrogens with one attached hydrogen (secondary N) is 1. The fraction of sp³-hybridized carbons (Fsp3) is 0.310. The molecule has 4 rings (SSSR count). The molecule has 0 radical (unpaired) electrons. The Hall–Kier alpha value is -4.12. The van der Waals surface area contributed by atoms with Gasteiger partial charge in [0.15, 0.2) is 0 Å². The molecule has 12 heteroatoms. The van der Waals surface area contributed by atoms with E-state index < -0.39 is 29.7 Å². The Morgan fingerprint density at radius 1 is 1.05 bits per heavy atom. The first-order valence-corrected chi connectivity index (χ1v) is 13.0. The second-order valence-electron chi connectivity index (χ2n) is 9.29. The van der Waals surface area contributed by atoms with Crippen LogP contribution in [0.25, 0.3) is 0 Å². The maximum atomic E-state index is 14.0. The first-order chi connectivity index (χ1) is 19.5. The van der Waals surface area contributed by atoms with Crippen LogP contribution in [0.2, 0.25) is 5.02 Å². The fourth-order valence-electron chi connectivity index (χ4n) is 4.57. The Bertz CT molecular complexity index is 1410. The Balaban J connectivity index is 1.68. The number of aliphatic carboxylic acids is 1. The molecule has 41 heavy (non-hydrogen) atoms. The lowest BCUT2D eigenvalue weighted by Gasteiger charge is -2.27. The normalized spacial score (nSPS) is 13.4. The highest BCUT2D eigenvalue weighted by Gasteiger charge is 2.39. The van der Waals surface area contributed by atoms with Crippen molar-refractivity contribution in [2.24, 2.45) is 0 Å². The summed E-state index contributed by atoms with van der Waals surface area (Å²) in [5.41, 5.74) is 0.737. The average molecular weight is 593 g/mol. The van der Waals surface area contributed by atoms with Crippen LogP contribution in [-0.2, 0) is 22.2 Å². The first-order valence-electron chi connectivity index (χ1n) is 12.7. The van der Waals surface area contributed by atoms with E-state index in [0.717, 1.165) is 6.07 Å². The van der Waals surface area contributed by atoms with Crippen molar-refractivity contribution in [1.29, 1.82) is 0 Å². The van der Waals surface area contributed by atoms with Gasteiger partial charge in [-0.15, -0.1) is 0 Å². The van der Waals surface area contributed by atoms with Crippen LogP contribution in [0.1, 0.15) is 35.6 Å². The molecule has 0 bridgehead atoms. The molecular formula is C29H28ClF3N2O6. The van der Waals surface area contributed by atoms with Gasteiger partial charge >= 0.3 is 12.1 Å². The van der Waals surface area contributed by atoms with Gasteiger partial charge < -0.3 is 29.5 Å². The van der Waals surface area contributed by atoms with E-state index in [0.29, 0.717) is 46.2 Å². The number of hydrogen-bond donors (Lipinski definition) is 2. The van der Waals surface area contributed by atoms with Crippen LogP contribution < -0.4 is 24.4 Å². The SMILES string of the molecule is COc1cc(NC(C(=O)N2CCc3cc(OC)c(C(F)(F)F)cc32)c2ccc(Cl)cc2)cc(OCCCC(=O)O)c1. The third-order valence-electron chi connectivity index (χ3n) is 6.55. The zero-order chi connectivity index (χ0) is 29.7. The molecule has 1 heterocycles. The third-order valence-corrected chi connectivity index (χ3v) is 6.80. The number of ether oxygens (including phenoxy) is 3. The number of carbonyl (C=O) groups excluding carboxylic acids is 1. The van der Waals surface area contributed by atoms with E-state index in [1.807, 2.05) is 0 Å². The number of carbonyl (C=O) groups is 2. The predicted molar refractivity (Wildman–Crippen MR) is 147 cm³/mol. The van der Waals surface area contributed by atoms with E-state index in [-0.39, 0.29) is 31.0 Å². The Labute approximate surface area is 239 Å². The molecule has 8 nitrogen and oxygen atoms in total. The molecule has 0 spiro atoms. The lowest BCUT2D eigenvalue weighted by molar-refractivity contribution is -0.139. The predicted octanol–water partition coefficient (Wildman–Crippen LogP) is 6.36. The van der Waals surface area contributed by atoms with Crippen LogP contribution in [0.5, 0.6) is 17.2 Å². The monoisotopic (exact) mass is 592 g/mol. The molecule has 1 atom stereocenters. The molecule has 0 saturated carbocycles. The maximum absolute atomic E-state index is 14.0. The molecule has 1 amide bonds. The van der Waals surface area contributed by atoms with Gasteiger partial charge in [0.1, 0.15) is 23.3 Å². The number of carboxylic acid groups (broad SMARTS) is 1. The number of rotatable bonds is 11. The molecule has 1 aliphatic heterocycles. The standard InChI is InChI=1S/C29H28ClF3N2O6/c1-39-21-13-20(14-22(15-21)41-11-3-4-26(36)37)34-27(17-5-7-19(30)8-6-17)28(38)35-10-9-18-12-25(40-2)23(16-24(18)35)29(31,32)33/h5-8,12-16,27,34H,3-4,9-11H2,1-2H3,(H,36,37). The maximum Gasteiger partial charge on any atom is 0.420 e. The lowest BCUT2D eigenvalue weighted by Crippen LogP contribution is -2.37. The number of alkyl halides is 3. The van der Waals surface area contributed by atoms with Crippen molar-refractivity contribution in [3.8, 4) is 17.2 Å². The number of nitrogens with zero attached hydrogens (tertiary/aromatic N) is 1. The Morgan fingerprint density at radius 2 is 1.76 bits per heavy atom. The second kappa shape index (κ2) is 12.6. The fourth-order valence-corrected chi connectivity index (χ4v) is 4.70. The zero-order valence-electron chi connectivity index (χ0n) is 22.3. The molecule has 2 N–H and O–H groups in total. The summed E-state index contributed by atoms with van der Waals surface area (Å²) in [6.07, 6.45) is -4.08. The number of fused-ring (bicyclic) bond motifs is 1. The van der Waals surface area contributed by atoms with E-state index >= 15 is 0 Å². The van der Waals surface area contributed by atoms with Gasteiger partial charge in [-0.3, -0.25) is 9.59 Å². The van der Waals surface area contributed by atoms with E-state index in [4.69, 9.17) is 30.9 Å². The average Bonchev–Trinajstić information content (AvgIpc) is 3.36. The molecular weight excluding hydrogens is 565 g/mol. The quantitative estimate of drug-likeness (QED) is 0.250. The highest BCUT2D eigenvalue weighted by Crippen LogP contribution is 2.43. The summed E-state index contributed by atoms with van der Waals surface area (Å²) in [6.45, 7) is 0.328. The number of carboxylic acids is 1. The van der Waals surface area contributed by atoms with E-state index in [1.165, 1.54) is 25.2 Å². The zero-order valence-corrected chi connectivity index (χ0v) is 23.0. The van der Waals surface area contributed by atoms with Crippen molar-refractivity contribution < 1.29 is 42.1 Å². The summed E-state index contributed by atoms with van der Waals surface area (Å²) in [4.78, 5) is 26.2. The van der Waals surface area contributed by atoms with Gasteiger partial charge in [-0.1, -0.05) is 23.7 Å². The molecule has 1 aliphatic rings. The molecule has 1 unspecified atom stereocenters. The number of benzene rings is 3. The highest BCUT2D eigenvalue weighted by molar-refractivity contribution is 6.30. The molecule has 3 aromatic carbocycles. The summed E-state index contributed by atoms with van der Waals surface area (Å²) in [6, 6.07) is 12.7. The summed E-state index contributed by atoms with van der Waals surface area (Å²) in [7, 11) is 2.64. The van der Waals surface area contributed by atoms with Crippen molar-refractivity contribution in [2.75, 3.05) is 37.6 Å². The smallest absolute Gasteiger partial charge is 0.420 e. The Morgan fingerprint density at radius 3 is 2.39 bits per heavy atom. The van der Waals surface area contributed by atoms with Crippen molar-refractivity contribution in [3.05, 3.63) is 76.3 Å². The van der Waals surface area contributed by atoms with Crippen molar-refractivity contribution in [2.45, 2.75) is 31.5 Å². The number of halogens is 4. The van der Waals surface area contributed by atoms with Crippen molar-refractivity contribution in [1.82, 2.24) is 0 Å². The topological polar surface area (TPSA) is 97.3 Å². The number of hydrogen-bond acceptors (Lipinski definition) is 6. The molecule has 0 saturated heterocycles. The van der Waals surface area contributed by atoms with Gasteiger partial charge in [0, 0.05) is 47.6 Å². The van der Waals surface area contributed by atoms with Gasteiger partial charge in [-0.2, -0.15) is 13.2 Å².